The van der Waals surface area contributed by atoms with Crippen LogP contribution >= 0.6 is 0 Å². The third kappa shape index (κ3) is 7.65. The molecule has 60 valence electrons. The number of primary sulfonamides is 1. The maximum absolute atomic E-state index is 10.4. The van der Waals surface area contributed by atoms with Gasteiger partial charge in [-0.1, -0.05) is 26.8 Å². The van der Waals surface area contributed by atoms with Crippen LogP contribution in [0, 0.1) is 5.41 Å². The van der Waals surface area contributed by atoms with E-state index in [2.05, 4.69) is 0 Å². The Morgan fingerprint density at radius 1 is 1.30 bits per heavy atom. The minimum absolute atomic E-state index is 0.133. The van der Waals surface area contributed by atoms with Crippen LogP contribution in [0.2, 0.25) is 0 Å². The zero-order valence-corrected chi connectivity index (χ0v) is 7.27. The average Bonchev–Trinajstić information content (AvgIpc) is 1.57. The van der Waals surface area contributed by atoms with E-state index in [0.29, 0.717) is 0 Å². The minimum Gasteiger partial charge on any atom is -0.225 e. The van der Waals surface area contributed by atoms with Crippen molar-refractivity contribution in [3.05, 3.63) is 11.5 Å². The van der Waals surface area contributed by atoms with Crippen molar-refractivity contribution in [1.82, 2.24) is 0 Å². The topological polar surface area (TPSA) is 60.2 Å². The van der Waals surface area contributed by atoms with Crippen LogP contribution in [-0.4, -0.2) is 8.42 Å². The summed E-state index contributed by atoms with van der Waals surface area (Å²) >= 11 is 0. The maximum atomic E-state index is 10.4. The van der Waals surface area contributed by atoms with Gasteiger partial charge in [0.05, 0.1) is 0 Å². The molecule has 0 saturated heterocycles. The standard InChI is InChI=1S/C6H13NO2S/c1-6(2,3)4-5-10(7,8)9/h4-5H,1-3H3,(H2,7,8,9)/b5-4+. The number of rotatable bonds is 1. The fourth-order valence-electron chi connectivity index (χ4n) is 0.299. The molecule has 4 heteroatoms. The highest BCUT2D eigenvalue weighted by molar-refractivity contribution is 7.92. The van der Waals surface area contributed by atoms with E-state index < -0.39 is 10.0 Å². The Kier molecular flexibility index (Phi) is 2.62. The molecule has 0 saturated carbocycles. The number of hydrogen-bond donors (Lipinski definition) is 1. The van der Waals surface area contributed by atoms with Crippen LogP contribution in [0.25, 0.3) is 0 Å². The van der Waals surface area contributed by atoms with Crippen LogP contribution < -0.4 is 5.14 Å². The van der Waals surface area contributed by atoms with Gasteiger partial charge in [-0.05, 0) is 5.41 Å². The van der Waals surface area contributed by atoms with Crippen molar-refractivity contribution >= 4 is 10.0 Å². The van der Waals surface area contributed by atoms with E-state index in [1.165, 1.54) is 0 Å². The summed E-state index contributed by atoms with van der Waals surface area (Å²) in [4.78, 5) is 0. The van der Waals surface area contributed by atoms with Crippen molar-refractivity contribution in [2.24, 2.45) is 10.6 Å². The Bertz CT molecular complexity index is 221. The van der Waals surface area contributed by atoms with Crippen LogP contribution in [0.4, 0.5) is 0 Å². The third-order valence-corrected chi connectivity index (χ3v) is 1.27. The maximum Gasteiger partial charge on any atom is 0.230 e. The Balaban J connectivity index is 4.31. The zero-order valence-electron chi connectivity index (χ0n) is 6.46. The van der Waals surface area contributed by atoms with Gasteiger partial charge in [0, 0.05) is 5.41 Å². The summed E-state index contributed by atoms with van der Waals surface area (Å²) in [6.07, 6.45) is 1.56. The van der Waals surface area contributed by atoms with Crippen LogP contribution in [0.1, 0.15) is 20.8 Å². The summed E-state index contributed by atoms with van der Waals surface area (Å²) in [5.74, 6) is 0. The minimum atomic E-state index is -3.44. The largest absolute Gasteiger partial charge is 0.230 e. The highest BCUT2D eigenvalue weighted by Gasteiger charge is 2.05. The van der Waals surface area contributed by atoms with E-state index in [1.54, 1.807) is 6.08 Å². The molecule has 0 unspecified atom stereocenters. The first-order valence-electron chi connectivity index (χ1n) is 2.93. The van der Waals surface area contributed by atoms with E-state index in [-0.39, 0.29) is 5.41 Å². The summed E-state index contributed by atoms with van der Waals surface area (Å²) in [6.45, 7) is 5.69. The average molecular weight is 163 g/mol. The van der Waals surface area contributed by atoms with Crippen molar-refractivity contribution in [1.29, 1.82) is 0 Å². The van der Waals surface area contributed by atoms with Gasteiger partial charge in [0.2, 0.25) is 10.0 Å². The molecule has 0 heterocycles. The van der Waals surface area contributed by atoms with Gasteiger partial charge in [-0.3, -0.25) is 0 Å². The van der Waals surface area contributed by atoms with Crippen molar-refractivity contribution in [3.8, 4) is 0 Å². The number of sulfonamides is 1. The molecule has 0 aromatic rings. The van der Waals surface area contributed by atoms with Gasteiger partial charge in [-0.2, -0.15) is 0 Å². The van der Waals surface area contributed by atoms with E-state index >= 15 is 0 Å². The fourth-order valence-corrected chi connectivity index (χ4v) is 0.897. The normalized spacial score (nSPS) is 14.4. The monoisotopic (exact) mass is 163 g/mol. The molecule has 0 aliphatic heterocycles. The van der Waals surface area contributed by atoms with Gasteiger partial charge in [-0.15, -0.1) is 0 Å². The number of nitrogens with two attached hydrogens (primary N) is 1. The lowest BCUT2D eigenvalue weighted by atomic mass is 9.98. The predicted molar refractivity (Wildman–Crippen MR) is 41.7 cm³/mol. The summed E-state index contributed by atoms with van der Waals surface area (Å²) in [7, 11) is -3.44. The van der Waals surface area contributed by atoms with Crippen LogP contribution in [0.3, 0.4) is 0 Å². The van der Waals surface area contributed by atoms with Crippen LogP contribution in [-0.2, 0) is 10.0 Å². The predicted octanol–water partition coefficient (Wildman–Crippen LogP) is 0.835. The molecule has 0 radical (unpaired) electrons. The van der Waals surface area contributed by atoms with E-state index in [0.717, 1.165) is 5.41 Å². The quantitative estimate of drug-likeness (QED) is 0.622. The Morgan fingerprint density at radius 2 is 1.70 bits per heavy atom. The second kappa shape index (κ2) is 2.72. The molecule has 0 rings (SSSR count). The molecule has 2 N–H and O–H groups in total. The Morgan fingerprint density at radius 3 is 1.80 bits per heavy atom. The molecule has 0 aromatic heterocycles. The summed E-state index contributed by atoms with van der Waals surface area (Å²) in [5.41, 5.74) is -0.133. The van der Waals surface area contributed by atoms with Crippen LogP contribution in [0.15, 0.2) is 11.5 Å². The smallest absolute Gasteiger partial charge is 0.225 e. The lowest BCUT2D eigenvalue weighted by Gasteiger charge is -2.09. The lowest BCUT2D eigenvalue weighted by molar-refractivity contribution is 0.543. The van der Waals surface area contributed by atoms with Gasteiger partial charge >= 0.3 is 0 Å². The SMILES string of the molecule is CC(C)(C)/C=C/S(N)(=O)=O. The first-order valence-corrected chi connectivity index (χ1v) is 4.54. The molecular weight excluding hydrogens is 150 g/mol. The number of hydrogen-bond acceptors (Lipinski definition) is 2. The number of allylic oxidation sites excluding steroid dienone is 1. The first-order chi connectivity index (χ1) is 4.21. The van der Waals surface area contributed by atoms with E-state index in [4.69, 9.17) is 5.14 Å². The van der Waals surface area contributed by atoms with E-state index in [1.807, 2.05) is 20.8 Å². The highest BCUT2D eigenvalue weighted by atomic mass is 32.2. The van der Waals surface area contributed by atoms with Gasteiger partial charge in [0.1, 0.15) is 0 Å². The second-order valence-electron chi connectivity index (χ2n) is 3.26. The molecule has 0 aromatic carbocycles. The van der Waals surface area contributed by atoms with Crippen molar-refractivity contribution in [2.45, 2.75) is 20.8 Å². The third-order valence-electron chi connectivity index (χ3n) is 0.758. The Labute approximate surface area is 62.0 Å². The fraction of sp³-hybridized carbons (Fsp3) is 0.667. The molecular formula is C6H13NO2S. The molecule has 0 bridgehead atoms. The van der Waals surface area contributed by atoms with Crippen molar-refractivity contribution in [3.63, 3.8) is 0 Å². The van der Waals surface area contributed by atoms with Gasteiger partial charge in [0.15, 0.2) is 0 Å². The van der Waals surface area contributed by atoms with Crippen molar-refractivity contribution in [2.75, 3.05) is 0 Å². The van der Waals surface area contributed by atoms with Gasteiger partial charge in [-0.25, -0.2) is 13.6 Å². The molecule has 0 amide bonds. The molecule has 3 nitrogen and oxygen atoms in total. The summed E-state index contributed by atoms with van der Waals surface area (Å²) < 4.78 is 20.7. The van der Waals surface area contributed by atoms with Crippen LogP contribution in [0.5, 0.6) is 0 Å². The van der Waals surface area contributed by atoms with Gasteiger partial charge in [0.25, 0.3) is 0 Å². The van der Waals surface area contributed by atoms with E-state index in [9.17, 15) is 8.42 Å². The molecule has 0 aliphatic carbocycles. The molecule has 0 atom stereocenters. The molecule has 0 fully saturated rings. The zero-order chi connectivity index (χ0) is 8.41. The second-order valence-corrected chi connectivity index (χ2v) is 4.71. The summed E-state index contributed by atoms with van der Waals surface area (Å²) in [6, 6.07) is 0. The first kappa shape index (κ1) is 9.65. The van der Waals surface area contributed by atoms with Gasteiger partial charge < -0.3 is 0 Å². The lowest BCUT2D eigenvalue weighted by Crippen LogP contribution is -2.09. The highest BCUT2D eigenvalue weighted by Crippen LogP contribution is 2.14. The molecule has 0 spiro atoms. The molecule has 0 aliphatic rings. The summed E-state index contributed by atoms with van der Waals surface area (Å²) in [5, 5.41) is 5.75. The Hall–Kier alpha value is -0.350. The molecule has 10 heavy (non-hydrogen) atoms. The van der Waals surface area contributed by atoms with Crippen molar-refractivity contribution < 1.29 is 8.42 Å².